The Hall–Kier alpha value is -1.06. The second-order valence-corrected chi connectivity index (χ2v) is 5.32. The standard InChI is InChI=1S/C11H21NO.C3H5NO/c12-11(13)9-5-4-8-10-6-2-1-3-7-10;5-3-1-2-4-3/h10H,1-9H2,(H2,12,13);1-2H2,(H,4,5). The number of hydrogen-bond donors (Lipinski definition) is 2. The molecule has 0 radical (unpaired) electrons. The van der Waals surface area contributed by atoms with Crippen LogP contribution >= 0.6 is 0 Å². The number of nitrogens with one attached hydrogen (secondary N) is 1. The summed E-state index contributed by atoms with van der Waals surface area (Å²) >= 11 is 0. The van der Waals surface area contributed by atoms with Crippen molar-refractivity contribution < 1.29 is 9.59 Å². The van der Waals surface area contributed by atoms with Crippen LogP contribution in [0.15, 0.2) is 0 Å². The van der Waals surface area contributed by atoms with Gasteiger partial charge in [0.15, 0.2) is 0 Å². The highest BCUT2D eigenvalue weighted by molar-refractivity contribution is 5.81. The summed E-state index contributed by atoms with van der Waals surface area (Å²) in [5, 5.41) is 2.57. The highest BCUT2D eigenvalue weighted by Crippen LogP contribution is 2.27. The molecule has 1 saturated heterocycles. The van der Waals surface area contributed by atoms with Gasteiger partial charge in [0, 0.05) is 19.4 Å². The fourth-order valence-corrected chi connectivity index (χ4v) is 2.44. The van der Waals surface area contributed by atoms with Gasteiger partial charge in [0.2, 0.25) is 11.8 Å². The molecule has 104 valence electrons. The topological polar surface area (TPSA) is 72.2 Å². The van der Waals surface area contributed by atoms with Crippen molar-refractivity contribution in [3.63, 3.8) is 0 Å². The highest BCUT2D eigenvalue weighted by Gasteiger charge is 2.12. The van der Waals surface area contributed by atoms with Gasteiger partial charge in [0.05, 0.1) is 0 Å². The molecule has 1 saturated carbocycles. The number of nitrogens with two attached hydrogens (primary N) is 1. The van der Waals surface area contributed by atoms with Crippen molar-refractivity contribution in [3.8, 4) is 0 Å². The number of carbonyl (C=O) groups excluding carboxylic acids is 2. The molecule has 18 heavy (non-hydrogen) atoms. The van der Waals surface area contributed by atoms with Gasteiger partial charge in [-0.2, -0.15) is 0 Å². The maximum Gasteiger partial charge on any atom is 0.221 e. The molecule has 2 rings (SSSR count). The van der Waals surface area contributed by atoms with Crippen LogP contribution in [0.2, 0.25) is 0 Å². The van der Waals surface area contributed by atoms with E-state index in [1.807, 2.05) is 0 Å². The van der Waals surface area contributed by atoms with Crippen molar-refractivity contribution in [2.24, 2.45) is 11.7 Å². The number of primary amides is 1. The van der Waals surface area contributed by atoms with Crippen LogP contribution in [0.4, 0.5) is 0 Å². The minimum absolute atomic E-state index is 0.149. The zero-order valence-electron chi connectivity index (χ0n) is 11.2. The van der Waals surface area contributed by atoms with Crippen LogP contribution in [0.1, 0.15) is 64.2 Å². The minimum Gasteiger partial charge on any atom is -0.370 e. The van der Waals surface area contributed by atoms with E-state index in [1.54, 1.807) is 0 Å². The van der Waals surface area contributed by atoms with Gasteiger partial charge in [-0.3, -0.25) is 9.59 Å². The van der Waals surface area contributed by atoms with Crippen LogP contribution < -0.4 is 11.1 Å². The van der Waals surface area contributed by atoms with Gasteiger partial charge in [-0.05, 0) is 12.3 Å². The van der Waals surface area contributed by atoms with E-state index in [9.17, 15) is 9.59 Å². The van der Waals surface area contributed by atoms with Crippen molar-refractivity contribution in [2.45, 2.75) is 64.2 Å². The van der Waals surface area contributed by atoms with E-state index in [4.69, 9.17) is 5.73 Å². The molecule has 3 N–H and O–H groups in total. The first-order valence-electron chi connectivity index (χ1n) is 7.23. The molecule has 1 aliphatic heterocycles. The summed E-state index contributed by atoms with van der Waals surface area (Å²) in [7, 11) is 0. The zero-order chi connectivity index (χ0) is 13.2. The van der Waals surface area contributed by atoms with Crippen molar-refractivity contribution in [1.29, 1.82) is 0 Å². The molecule has 0 aromatic rings. The molecule has 0 unspecified atom stereocenters. The Morgan fingerprint density at radius 3 is 2.28 bits per heavy atom. The van der Waals surface area contributed by atoms with E-state index in [-0.39, 0.29) is 11.8 Å². The number of β-lactam (4-membered cyclic amide) rings is 1. The fraction of sp³-hybridized carbons (Fsp3) is 0.857. The molecular weight excluding hydrogens is 228 g/mol. The zero-order valence-corrected chi connectivity index (χ0v) is 11.2. The molecule has 4 heteroatoms. The van der Waals surface area contributed by atoms with Gasteiger partial charge in [-0.25, -0.2) is 0 Å². The lowest BCUT2D eigenvalue weighted by Gasteiger charge is -2.20. The van der Waals surface area contributed by atoms with E-state index < -0.39 is 0 Å². The number of amides is 2. The Kier molecular flexibility index (Phi) is 7.46. The quantitative estimate of drug-likeness (QED) is 0.582. The molecule has 0 spiro atoms. The van der Waals surface area contributed by atoms with Crippen molar-refractivity contribution >= 4 is 11.8 Å². The molecule has 2 aliphatic rings. The van der Waals surface area contributed by atoms with Crippen LogP contribution in [0.5, 0.6) is 0 Å². The second kappa shape index (κ2) is 8.95. The summed E-state index contributed by atoms with van der Waals surface area (Å²) in [5.41, 5.74) is 5.07. The molecule has 1 aliphatic carbocycles. The fourth-order valence-electron chi connectivity index (χ4n) is 2.44. The molecule has 0 aromatic carbocycles. The van der Waals surface area contributed by atoms with E-state index in [2.05, 4.69) is 5.32 Å². The number of carbonyl (C=O) groups is 2. The Balaban J connectivity index is 0.000000269. The molecule has 0 atom stereocenters. The predicted molar refractivity (Wildman–Crippen MR) is 71.9 cm³/mol. The predicted octanol–water partition coefficient (Wildman–Crippen LogP) is 2.12. The maximum atomic E-state index is 10.5. The summed E-state index contributed by atoms with van der Waals surface area (Å²) in [6, 6.07) is 0. The van der Waals surface area contributed by atoms with Gasteiger partial charge in [0.1, 0.15) is 0 Å². The first-order chi connectivity index (χ1) is 8.68. The van der Waals surface area contributed by atoms with Crippen LogP contribution in [0, 0.1) is 5.92 Å². The normalized spacial score (nSPS) is 19.2. The summed E-state index contributed by atoms with van der Waals surface area (Å²) < 4.78 is 0. The Labute approximate surface area is 110 Å². The maximum absolute atomic E-state index is 10.5. The average Bonchev–Trinajstić information content (AvgIpc) is 2.34. The third-order valence-corrected chi connectivity index (χ3v) is 3.68. The molecule has 1 heterocycles. The lowest BCUT2D eigenvalue weighted by molar-refractivity contribution is -0.125. The largest absolute Gasteiger partial charge is 0.370 e. The van der Waals surface area contributed by atoms with Crippen LogP contribution in [-0.4, -0.2) is 18.4 Å². The molecule has 2 fully saturated rings. The third kappa shape index (κ3) is 7.30. The first kappa shape index (κ1) is 15.0. The van der Waals surface area contributed by atoms with Gasteiger partial charge in [0.25, 0.3) is 0 Å². The van der Waals surface area contributed by atoms with E-state index in [0.29, 0.717) is 6.42 Å². The van der Waals surface area contributed by atoms with Gasteiger partial charge in [-0.1, -0.05) is 44.9 Å². The number of rotatable bonds is 5. The molecule has 4 nitrogen and oxygen atoms in total. The first-order valence-corrected chi connectivity index (χ1v) is 7.23. The van der Waals surface area contributed by atoms with Crippen LogP contribution in [0.25, 0.3) is 0 Å². The molecule has 0 aromatic heterocycles. The molecule has 2 amide bonds. The number of hydrogen-bond acceptors (Lipinski definition) is 2. The van der Waals surface area contributed by atoms with Crippen molar-refractivity contribution in [1.82, 2.24) is 5.32 Å². The second-order valence-electron chi connectivity index (χ2n) is 5.32. The lowest BCUT2D eigenvalue weighted by atomic mass is 9.85. The number of unbranched alkanes of at least 4 members (excludes halogenated alkanes) is 1. The highest BCUT2D eigenvalue weighted by atomic mass is 16.2. The minimum atomic E-state index is -0.149. The van der Waals surface area contributed by atoms with Crippen LogP contribution in [-0.2, 0) is 9.59 Å². The average molecular weight is 254 g/mol. The van der Waals surface area contributed by atoms with Crippen LogP contribution in [0.3, 0.4) is 0 Å². The van der Waals surface area contributed by atoms with E-state index >= 15 is 0 Å². The molecule has 0 bridgehead atoms. The van der Waals surface area contributed by atoms with Gasteiger partial charge < -0.3 is 11.1 Å². The Morgan fingerprint density at radius 1 is 1.22 bits per heavy atom. The van der Waals surface area contributed by atoms with Crippen molar-refractivity contribution in [2.75, 3.05) is 6.54 Å². The summed E-state index contributed by atoms with van der Waals surface area (Å²) in [6.07, 6.45) is 11.9. The summed E-state index contributed by atoms with van der Waals surface area (Å²) in [6.45, 7) is 0.888. The third-order valence-electron chi connectivity index (χ3n) is 3.68. The SMILES string of the molecule is NC(=O)CCCCC1CCCCC1.O=C1CCN1. The Bertz CT molecular complexity index is 255. The van der Waals surface area contributed by atoms with E-state index in [0.717, 1.165) is 25.3 Å². The smallest absolute Gasteiger partial charge is 0.221 e. The van der Waals surface area contributed by atoms with Gasteiger partial charge >= 0.3 is 0 Å². The summed E-state index contributed by atoms with van der Waals surface area (Å²) in [4.78, 5) is 20.3. The monoisotopic (exact) mass is 254 g/mol. The van der Waals surface area contributed by atoms with E-state index in [1.165, 1.54) is 44.9 Å². The van der Waals surface area contributed by atoms with Gasteiger partial charge in [-0.15, -0.1) is 0 Å². The Morgan fingerprint density at radius 2 is 1.83 bits per heavy atom. The summed E-state index contributed by atoms with van der Waals surface area (Å²) in [5.74, 6) is 0.982. The lowest BCUT2D eigenvalue weighted by Crippen LogP contribution is -2.37. The van der Waals surface area contributed by atoms with Crippen molar-refractivity contribution in [3.05, 3.63) is 0 Å². The molecular formula is C14H26N2O2.